The summed E-state index contributed by atoms with van der Waals surface area (Å²) in [6, 6.07) is 46.2. The van der Waals surface area contributed by atoms with Gasteiger partial charge in [0.15, 0.2) is 0 Å². The zero-order valence-corrected chi connectivity index (χ0v) is 28.3. The lowest BCUT2D eigenvalue weighted by molar-refractivity contribution is 0.185. The van der Waals surface area contributed by atoms with Crippen molar-refractivity contribution in [2.75, 3.05) is 13.2 Å². The van der Waals surface area contributed by atoms with E-state index in [-0.39, 0.29) is 0 Å². The summed E-state index contributed by atoms with van der Waals surface area (Å²) >= 11 is 0. The quantitative estimate of drug-likeness (QED) is 0.0677. The van der Waals surface area contributed by atoms with Crippen molar-refractivity contribution in [3.8, 4) is 0 Å². The first-order valence-electron chi connectivity index (χ1n) is 15.1. The maximum Gasteiger partial charge on any atom is 0.259 e. The molecule has 0 saturated carbocycles. The number of hydrogen-bond acceptors (Lipinski definition) is 3. The average Bonchev–Trinajstić information content (AvgIpc) is 3.02. The van der Waals surface area contributed by atoms with Gasteiger partial charge in [-0.25, -0.2) is 4.67 Å². The smallest absolute Gasteiger partial charge is 0.259 e. The molecule has 0 spiro atoms. The van der Waals surface area contributed by atoms with Gasteiger partial charge in [0.1, 0.15) is 0 Å². The molecule has 0 bridgehead atoms. The molecule has 0 saturated heterocycles. The molecule has 4 aromatic carbocycles. The van der Waals surface area contributed by atoms with Crippen LogP contribution in [0.3, 0.4) is 0 Å². The second kappa shape index (κ2) is 17.7. The Morgan fingerprint density at radius 2 is 0.786 bits per heavy atom. The van der Waals surface area contributed by atoms with Gasteiger partial charge in [-0.15, -0.1) is 0 Å². The van der Waals surface area contributed by atoms with E-state index in [1.165, 1.54) is 22.3 Å². The summed E-state index contributed by atoms with van der Waals surface area (Å²) in [5.41, 5.74) is 6.28. The van der Waals surface area contributed by atoms with E-state index in [0.717, 1.165) is 31.1 Å². The lowest BCUT2D eigenvalue weighted by Crippen LogP contribution is -2.34. The number of nitrogens with zero attached hydrogens (tertiary/aromatic N) is 1. The summed E-state index contributed by atoms with van der Waals surface area (Å²) in [7, 11) is 0.340. The third-order valence-corrected chi connectivity index (χ3v) is 12.3. The fourth-order valence-corrected chi connectivity index (χ4v) is 9.90. The predicted molar refractivity (Wildman–Crippen MR) is 182 cm³/mol. The summed E-state index contributed by atoms with van der Waals surface area (Å²) in [5.74, 6) is 0. The Kier molecular flexibility index (Phi) is 13.7. The van der Waals surface area contributed by atoms with Gasteiger partial charge in [-0.3, -0.25) is 0 Å². The van der Waals surface area contributed by atoms with Crippen LogP contribution in [-0.4, -0.2) is 49.0 Å². The SMILES string of the molecule is CC(C)N(C(C)C)P(OCC[Si]C(c1ccccc1)c1ccccc1)OCC[Si]C(c1ccccc1)c1ccccc1. The minimum absolute atomic E-state index is 0.351. The van der Waals surface area contributed by atoms with Gasteiger partial charge >= 0.3 is 0 Å². The molecule has 0 heterocycles. The molecule has 3 nitrogen and oxygen atoms in total. The largest absolute Gasteiger partial charge is 0.322 e. The molecule has 0 atom stereocenters. The monoisotopic (exact) mass is 609 g/mol. The first-order valence-corrected chi connectivity index (χ1v) is 18.7. The fourth-order valence-electron chi connectivity index (χ4n) is 5.24. The topological polar surface area (TPSA) is 21.7 Å². The van der Waals surface area contributed by atoms with Crippen molar-refractivity contribution >= 4 is 27.6 Å². The number of hydrogen-bond donors (Lipinski definition) is 0. The molecule has 4 aromatic rings. The minimum Gasteiger partial charge on any atom is -0.322 e. The molecule has 0 aliphatic rings. The van der Waals surface area contributed by atoms with Gasteiger partial charge in [0.25, 0.3) is 8.53 Å². The van der Waals surface area contributed by atoms with Crippen LogP contribution in [0.25, 0.3) is 0 Å². The van der Waals surface area contributed by atoms with Crippen LogP contribution in [0.2, 0.25) is 12.1 Å². The van der Waals surface area contributed by atoms with Crippen LogP contribution in [-0.2, 0) is 9.05 Å². The molecule has 0 N–H and O–H groups in total. The Morgan fingerprint density at radius 3 is 1.05 bits per heavy atom. The molecule has 4 rings (SSSR count). The minimum atomic E-state index is -1.14. The van der Waals surface area contributed by atoms with E-state index in [0.29, 0.717) is 36.4 Å². The van der Waals surface area contributed by atoms with Crippen LogP contribution >= 0.6 is 8.53 Å². The van der Waals surface area contributed by atoms with Crippen molar-refractivity contribution in [1.82, 2.24) is 4.67 Å². The van der Waals surface area contributed by atoms with Crippen LogP contribution in [0, 0.1) is 0 Å². The van der Waals surface area contributed by atoms with Crippen LogP contribution in [0.4, 0.5) is 0 Å². The van der Waals surface area contributed by atoms with Crippen molar-refractivity contribution in [1.29, 1.82) is 0 Å². The average molecular weight is 610 g/mol. The van der Waals surface area contributed by atoms with Crippen molar-refractivity contribution in [2.45, 2.75) is 62.9 Å². The van der Waals surface area contributed by atoms with E-state index >= 15 is 0 Å². The molecule has 4 radical (unpaired) electrons. The van der Waals surface area contributed by atoms with E-state index in [2.05, 4.69) is 154 Å². The summed E-state index contributed by atoms with van der Waals surface area (Å²) in [6.07, 6.45) is 0. The molecular formula is C36H44NO2PSi2. The van der Waals surface area contributed by atoms with Gasteiger partial charge < -0.3 is 9.05 Å². The molecule has 218 valence electrons. The van der Waals surface area contributed by atoms with Crippen molar-refractivity contribution in [2.24, 2.45) is 0 Å². The van der Waals surface area contributed by atoms with E-state index in [9.17, 15) is 0 Å². The lowest BCUT2D eigenvalue weighted by atomic mass is 10.0. The van der Waals surface area contributed by atoms with Crippen LogP contribution in [0.5, 0.6) is 0 Å². The molecule has 0 aliphatic heterocycles. The highest BCUT2D eigenvalue weighted by atomic mass is 31.2. The van der Waals surface area contributed by atoms with Crippen LogP contribution in [0.15, 0.2) is 121 Å². The zero-order chi connectivity index (χ0) is 29.6. The molecule has 6 heteroatoms. The Labute approximate surface area is 260 Å². The first-order chi connectivity index (χ1) is 20.5. The second-order valence-corrected chi connectivity index (χ2v) is 15.3. The maximum absolute atomic E-state index is 6.60. The summed E-state index contributed by atoms with van der Waals surface area (Å²) in [5, 5.41) is 0. The highest BCUT2D eigenvalue weighted by Crippen LogP contribution is 2.46. The molecule has 0 unspecified atom stereocenters. The molecule has 0 aliphatic carbocycles. The third-order valence-electron chi connectivity index (χ3n) is 7.08. The highest BCUT2D eigenvalue weighted by Gasteiger charge is 2.27. The van der Waals surface area contributed by atoms with Gasteiger partial charge in [-0.2, -0.15) is 0 Å². The van der Waals surface area contributed by atoms with Gasteiger partial charge in [0.05, 0.1) is 32.3 Å². The summed E-state index contributed by atoms with van der Waals surface area (Å²) in [6.45, 7) is 10.4. The maximum atomic E-state index is 6.60. The van der Waals surface area contributed by atoms with Crippen LogP contribution < -0.4 is 0 Å². The van der Waals surface area contributed by atoms with Gasteiger partial charge in [-0.1, -0.05) is 121 Å². The lowest BCUT2D eigenvalue weighted by Gasteiger charge is -2.35. The molecule has 0 aromatic heterocycles. The van der Waals surface area contributed by atoms with Crippen molar-refractivity contribution < 1.29 is 9.05 Å². The van der Waals surface area contributed by atoms with Gasteiger partial charge in [0.2, 0.25) is 0 Å². The zero-order valence-electron chi connectivity index (χ0n) is 25.4. The summed E-state index contributed by atoms with van der Waals surface area (Å²) < 4.78 is 15.6. The van der Waals surface area contributed by atoms with E-state index in [4.69, 9.17) is 9.05 Å². The van der Waals surface area contributed by atoms with Gasteiger partial charge in [-0.05, 0) is 73.1 Å². The molecular weight excluding hydrogens is 566 g/mol. The molecule has 0 amide bonds. The Hall–Kier alpha value is -2.38. The normalized spacial score (nSPS) is 12.0. The molecule has 0 fully saturated rings. The number of rotatable bonds is 17. The van der Waals surface area contributed by atoms with Gasteiger partial charge in [0, 0.05) is 12.1 Å². The van der Waals surface area contributed by atoms with Crippen molar-refractivity contribution in [3.05, 3.63) is 144 Å². The number of benzene rings is 4. The fraction of sp³-hybridized carbons (Fsp3) is 0.333. The highest BCUT2D eigenvalue weighted by molar-refractivity contribution is 7.44. The van der Waals surface area contributed by atoms with E-state index in [1.807, 2.05) is 0 Å². The Bertz CT molecular complexity index is 1080. The second-order valence-electron chi connectivity index (χ2n) is 10.9. The molecule has 42 heavy (non-hydrogen) atoms. The van der Waals surface area contributed by atoms with E-state index < -0.39 is 8.53 Å². The standard InChI is InChI=1S/C36H44NO2PSi2/c1-29(2)37(30(3)4)40(38-25-27-41-35(31-17-9-5-10-18-31)32-19-11-6-12-20-32)39-26-28-42-36(33-21-13-7-14-22-33)34-23-15-8-16-24-34/h5-24,29-30,35-36H,25-28H2,1-4H3. The Morgan fingerprint density at radius 1 is 0.500 bits per heavy atom. The van der Waals surface area contributed by atoms with E-state index in [1.54, 1.807) is 0 Å². The third kappa shape index (κ3) is 9.84. The van der Waals surface area contributed by atoms with Crippen LogP contribution in [0.1, 0.15) is 61.0 Å². The first kappa shape index (κ1) is 32.5. The summed E-state index contributed by atoms with van der Waals surface area (Å²) in [4.78, 5) is 0. The Balaban J connectivity index is 1.36. The van der Waals surface area contributed by atoms with Crippen molar-refractivity contribution in [3.63, 3.8) is 0 Å². The predicted octanol–water partition coefficient (Wildman–Crippen LogP) is 9.19.